The number of unbranched alkanes of at least 4 members (excludes halogenated alkanes) is 18. The molecular weight excluding hydrogens is 599 g/mol. The lowest BCUT2D eigenvalue weighted by Gasteiger charge is -2.29. The van der Waals surface area contributed by atoms with Crippen molar-refractivity contribution < 1.29 is 32.9 Å². The minimum atomic E-state index is -4.57. The van der Waals surface area contributed by atoms with E-state index in [-0.39, 0.29) is 19.1 Å². The molecule has 0 aromatic carbocycles. The summed E-state index contributed by atoms with van der Waals surface area (Å²) in [5.41, 5.74) is 0. The zero-order valence-corrected chi connectivity index (χ0v) is 31.4. The molecule has 9 heteroatoms. The summed E-state index contributed by atoms with van der Waals surface area (Å²) in [7, 11) is 1.25. The predicted molar refractivity (Wildman–Crippen MR) is 192 cm³/mol. The zero-order chi connectivity index (χ0) is 34.4. The molecule has 0 saturated heterocycles. The summed E-state index contributed by atoms with van der Waals surface area (Å²) < 4.78 is 23.0. The van der Waals surface area contributed by atoms with Crippen molar-refractivity contribution in [3.05, 3.63) is 24.3 Å². The van der Waals surface area contributed by atoms with Gasteiger partial charge in [-0.05, 0) is 44.9 Å². The molecule has 46 heavy (non-hydrogen) atoms. The number of allylic oxidation sites excluding steroid dienone is 3. The first-order valence-corrected chi connectivity index (χ1v) is 20.2. The molecule has 3 unspecified atom stereocenters. The number of amides is 1. The number of hydrogen-bond acceptors (Lipinski definition) is 6. The largest absolute Gasteiger partial charge is 0.756 e. The van der Waals surface area contributed by atoms with Crippen LogP contribution in [0, 0.1) is 0 Å². The van der Waals surface area contributed by atoms with Crippen LogP contribution in [0.25, 0.3) is 0 Å². The maximum atomic E-state index is 12.7. The van der Waals surface area contributed by atoms with Crippen LogP contribution in [0.1, 0.15) is 155 Å². The fraction of sp³-hybridized carbons (Fsp3) is 0.865. The molecule has 3 atom stereocenters. The number of carbonyl (C=O) groups excluding carboxylic acids is 1. The number of aliphatic hydroxyl groups excluding tert-OH is 1. The maximum Gasteiger partial charge on any atom is 0.268 e. The fourth-order valence-electron chi connectivity index (χ4n) is 5.09. The summed E-state index contributed by atoms with van der Waals surface area (Å²) >= 11 is 0. The van der Waals surface area contributed by atoms with E-state index in [0.717, 1.165) is 51.4 Å². The summed E-state index contributed by atoms with van der Waals surface area (Å²) in [5.74, 6) is -0.210. The van der Waals surface area contributed by atoms with Gasteiger partial charge in [-0.15, -0.1) is 0 Å². The normalized spacial score (nSPS) is 15.0. The summed E-state index contributed by atoms with van der Waals surface area (Å²) in [6.07, 6.45) is 32.1. The predicted octanol–water partition coefficient (Wildman–Crippen LogP) is 8.77. The lowest BCUT2D eigenvalue weighted by atomic mass is 10.1. The van der Waals surface area contributed by atoms with E-state index in [9.17, 15) is 19.4 Å². The number of phosphoric acid groups is 1. The number of aliphatic hydroxyl groups is 1. The Morgan fingerprint density at radius 1 is 0.739 bits per heavy atom. The summed E-state index contributed by atoms with van der Waals surface area (Å²) in [6.45, 7) is 4.58. The summed E-state index contributed by atoms with van der Waals surface area (Å²) in [6, 6.07) is -0.884. The Hall–Kier alpha value is -1.02. The van der Waals surface area contributed by atoms with E-state index >= 15 is 0 Å². The van der Waals surface area contributed by atoms with Crippen molar-refractivity contribution >= 4 is 13.7 Å². The number of nitrogens with one attached hydrogen (secondary N) is 1. The Kier molecular flexibility index (Phi) is 29.4. The number of carbonyl (C=O) groups is 1. The van der Waals surface area contributed by atoms with Crippen molar-refractivity contribution in [2.75, 3.05) is 40.9 Å². The third-order valence-electron chi connectivity index (χ3n) is 8.16. The van der Waals surface area contributed by atoms with Crippen LogP contribution in [-0.2, 0) is 18.4 Å². The van der Waals surface area contributed by atoms with Crippen molar-refractivity contribution in [1.29, 1.82) is 0 Å². The molecule has 272 valence electrons. The average molecular weight is 673 g/mol. The Balaban J connectivity index is 4.55. The second-order valence-electron chi connectivity index (χ2n) is 13.9. The van der Waals surface area contributed by atoms with Crippen molar-refractivity contribution in [3.63, 3.8) is 0 Å². The summed E-state index contributed by atoms with van der Waals surface area (Å²) in [5, 5.41) is 13.6. The highest BCUT2D eigenvalue weighted by atomic mass is 31.2. The topological polar surface area (TPSA) is 108 Å². The molecule has 2 N–H and O–H groups in total. The van der Waals surface area contributed by atoms with Crippen molar-refractivity contribution in [3.8, 4) is 0 Å². The van der Waals surface area contributed by atoms with E-state index in [1.807, 2.05) is 27.2 Å². The molecule has 8 nitrogen and oxygen atoms in total. The highest BCUT2D eigenvalue weighted by Crippen LogP contribution is 2.38. The Morgan fingerprint density at radius 3 is 1.70 bits per heavy atom. The van der Waals surface area contributed by atoms with Gasteiger partial charge in [0.1, 0.15) is 13.2 Å². The molecule has 0 aliphatic heterocycles. The van der Waals surface area contributed by atoms with Gasteiger partial charge < -0.3 is 28.8 Å². The van der Waals surface area contributed by atoms with Crippen molar-refractivity contribution in [2.24, 2.45) is 0 Å². The van der Waals surface area contributed by atoms with Crippen LogP contribution in [0.3, 0.4) is 0 Å². The second kappa shape index (κ2) is 30.1. The standard InChI is InChI=1S/C37H73N2O6P/c1-6-8-10-12-14-16-18-19-20-21-23-25-27-29-31-37(41)38-35(34-45-46(42,43)44-33-32-39(3,4)5)36(40)30-28-26-24-22-17-15-13-11-9-7-2/h18-19,28,30,35-36,40H,6-17,20-27,29,31-34H2,1-5H3,(H-,38,41,42,43)/b19-18-,30-28+. The zero-order valence-electron chi connectivity index (χ0n) is 30.5. The highest BCUT2D eigenvalue weighted by Gasteiger charge is 2.23. The van der Waals surface area contributed by atoms with Crippen LogP contribution >= 0.6 is 7.82 Å². The average Bonchev–Trinajstić information content (AvgIpc) is 2.99. The molecule has 0 bridgehead atoms. The lowest BCUT2D eigenvalue weighted by molar-refractivity contribution is -0.870. The van der Waals surface area contributed by atoms with E-state index < -0.39 is 20.0 Å². The van der Waals surface area contributed by atoms with Gasteiger partial charge in [-0.2, -0.15) is 0 Å². The van der Waals surface area contributed by atoms with Gasteiger partial charge in [0.25, 0.3) is 7.82 Å². The molecule has 0 heterocycles. The number of rotatable bonds is 33. The number of quaternary nitrogens is 1. The monoisotopic (exact) mass is 673 g/mol. The summed E-state index contributed by atoms with van der Waals surface area (Å²) in [4.78, 5) is 25.1. The van der Waals surface area contributed by atoms with Gasteiger partial charge in [-0.25, -0.2) is 0 Å². The lowest BCUT2D eigenvalue weighted by Crippen LogP contribution is -2.45. The molecule has 0 rings (SSSR count). The number of hydrogen-bond donors (Lipinski definition) is 2. The molecule has 0 spiro atoms. The van der Waals surface area contributed by atoms with Gasteiger partial charge in [0.2, 0.25) is 5.91 Å². The van der Waals surface area contributed by atoms with E-state index in [4.69, 9.17) is 9.05 Å². The van der Waals surface area contributed by atoms with Gasteiger partial charge in [-0.3, -0.25) is 9.36 Å². The van der Waals surface area contributed by atoms with E-state index in [0.29, 0.717) is 17.4 Å². The Bertz CT molecular complexity index is 814. The molecule has 0 aliphatic rings. The first kappa shape index (κ1) is 45.0. The molecule has 0 saturated carbocycles. The van der Waals surface area contributed by atoms with Crippen LogP contribution in [-0.4, -0.2) is 68.5 Å². The van der Waals surface area contributed by atoms with Crippen molar-refractivity contribution in [1.82, 2.24) is 5.32 Å². The van der Waals surface area contributed by atoms with Crippen LogP contribution in [0.2, 0.25) is 0 Å². The molecule has 0 aliphatic carbocycles. The van der Waals surface area contributed by atoms with Crippen LogP contribution < -0.4 is 10.2 Å². The van der Waals surface area contributed by atoms with E-state index in [1.165, 1.54) is 83.5 Å². The third kappa shape index (κ3) is 31.6. The van der Waals surface area contributed by atoms with Gasteiger partial charge in [0.05, 0.1) is 39.9 Å². The smallest absolute Gasteiger partial charge is 0.268 e. The minimum Gasteiger partial charge on any atom is -0.756 e. The molecule has 0 aromatic rings. The van der Waals surface area contributed by atoms with Crippen LogP contribution in [0.5, 0.6) is 0 Å². The van der Waals surface area contributed by atoms with E-state index in [2.05, 4.69) is 31.3 Å². The van der Waals surface area contributed by atoms with Gasteiger partial charge in [-0.1, -0.05) is 128 Å². The van der Waals surface area contributed by atoms with Gasteiger partial charge in [0, 0.05) is 6.42 Å². The molecule has 0 aromatic heterocycles. The SMILES string of the molecule is CCCCCCC/C=C\CCCCCCCC(=O)NC(COP(=O)([O-])OCC[N+](C)(C)C)C(O)/C=C/CCCCCCCCCC. The fourth-order valence-corrected chi connectivity index (χ4v) is 5.81. The molecule has 1 amide bonds. The van der Waals surface area contributed by atoms with Gasteiger partial charge in [0.15, 0.2) is 0 Å². The Morgan fingerprint density at radius 2 is 1.20 bits per heavy atom. The number of likely N-dealkylation sites (N-methyl/N-ethyl adjacent to an activating group) is 1. The maximum absolute atomic E-state index is 12.7. The minimum absolute atomic E-state index is 0.00221. The molecular formula is C37H73N2O6P. The third-order valence-corrected chi connectivity index (χ3v) is 9.12. The number of phosphoric ester groups is 1. The first-order valence-electron chi connectivity index (χ1n) is 18.7. The van der Waals surface area contributed by atoms with Gasteiger partial charge >= 0.3 is 0 Å². The number of nitrogens with zero attached hydrogens (tertiary/aromatic N) is 1. The first-order chi connectivity index (χ1) is 22.0. The quantitative estimate of drug-likeness (QED) is 0.0312. The Labute approximate surface area is 284 Å². The highest BCUT2D eigenvalue weighted by molar-refractivity contribution is 7.45. The van der Waals surface area contributed by atoms with Crippen LogP contribution in [0.4, 0.5) is 0 Å². The van der Waals surface area contributed by atoms with Crippen LogP contribution in [0.15, 0.2) is 24.3 Å². The molecule has 0 radical (unpaired) electrons. The van der Waals surface area contributed by atoms with Crippen molar-refractivity contribution in [2.45, 2.75) is 167 Å². The second-order valence-corrected chi connectivity index (χ2v) is 15.3. The van der Waals surface area contributed by atoms with E-state index in [1.54, 1.807) is 6.08 Å². The molecule has 0 fully saturated rings.